The summed E-state index contributed by atoms with van der Waals surface area (Å²) in [4.78, 5) is 40.2. The first kappa shape index (κ1) is 18.6. The van der Waals surface area contributed by atoms with Gasteiger partial charge >= 0.3 is 6.09 Å². The summed E-state index contributed by atoms with van der Waals surface area (Å²) in [6.07, 6.45) is 2.75. The van der Waals surface area contributed by atoms with Crippen LogP contribution in [0.3, 0.4) is 0 Å². The van der Waals surface area contributed by atoms with Crippen molar-refractivity contribution >= 4 is 17.8 Å². The fourth-order valence-corrected chi connectivity index (χ4v) is 2.72. The summed E-state index contributed by atoms with van der Waals surface area (Å²) in [7, 11) is 0. The summed E-state index contributed by atoms with van der Waals surface area (Å²) in [6.45, 7) is 4.39. The first-order valence-corrected chi connectivity index (χ1v) is 8.84. The summed E-state index contributed by atoms with van der Waals surface area (Å²) in [5, 5.41) is 3.14. The number of pyridine rings is 1. The van der Waals surface area contributed by atoms with Crippen LogP contribution >= 0.6 is 0 Å². The number of nitrogens with zero attached hydrogens (tertiary/aromatic N) is 5. The lowest BCUT2D eigenvalue weighted by Crippen LogP contribution is -2.50. The van der Waals surface area contributed by atoms with Crippen LogP contribution in [-0.4, -0.2) is 69.5 Å². The number of carbonyl (C=O) groups excluding carboxylic acids is 2. The molecule has 0 spiro atoms. The standard InChI is InChI=1S/C18H22N6O3/c1-2-27-18(26)24-9-7-23(8-10-24)17(25)15-11-16(22-13-21-15)20-12-14-5-3-4-6-19-14/h3-6,11,13H,2,7-10,12H2,1H3,(H,20,21,22). The molecule has 2 amide bonds. The number of anilines is 1. The Morgan fingerprint density at radius 2 is 1.89 bits per heavy atom. The Morgan fingerprint density at radius 1 is 1.11 bits per heavy atom. The molecule has 0 saturated carbocycles. The SMILES string of the molecule is CCOC(=O)N1CCN(C(=O)c2cc(NCc3ccccn3)ncn2)CC1. The van der Waals surface area contributed by atoms with Gasteiger partial charge in [-0.05, 0) is 19.1 Å². The van der Waals surface area contributed by atoms with E-state index in [1.54, 1.807) is 29.0 Å². The van der Waals surface area contributed by atoms with Crippen LogP contribution in [0.15, 0.2) is 36.8 Å². The van der Waals surface area contributed by atoms with Gasteiger partial charge in [-0.2, -0.15) is 0 Å². The molecule has 1 aliphatic heterocycles. The van der Waals surface area contributed by atoms with Crippen molar-refractivity contribution in [2.45, 2.75) is 13.5 Å². The quantitative estimate of drug-likeness (QED) is 0.849. The van der Waals surface area contributed by atoms with Gasteiger partial charge < -0.3 is 19.9 Å². The summed E-state index contributed by atoms with van der Waals surface area (Å²) in [5.41, 5.74) is 1.19. The van der Waals surface area contributed by atoms with Gasteiger partial charge in [0.25, 0.3) is 5.91 Å². The minimum Gasteiger partial charge on any atom is -0.450 e. The van der Waals surface area contributed by atoms with E-state index in [-0.39, 0.29) is 12.0 Å². The van der Waals surface area contributed by atoms with Crippen molar-refractivity contribution in [3.05, 3.63) is 48.2 Å². The van der Waals surface area contributed by atoms with Crippen LogP contribution in [0.25, 0.3) is 0 Å². The van der Waals surface area contributed by atoms with E-state index >= 15 is 0 Å². The second-order valence-electron chi connectivity index (χ2n) is 5.94. The van der Waals surface area contributed by atoms with Gasteiger partial charge in [0.05, 0.1) is 18.8 Å². The fourth-order valence-electron chi connectivity index (χ4n) is 2.72. The first-order chi connectivity index (χ1) is 13.2. The van der Waals surface area contributed by atoms with Crippen molar-refractivity contribution in [2.75, 3.05) is 38.1 Å². The van der Waals surface area contributed by atoms with Gasteiger partial charge in [-0.15, -0.1) is 0 Å². The molecular formula is C18H22N6O3. The van der Waals surface area contributed by atoms with Crippen LogP contribution in [-0.2, 0) is 11.3 Å². The third-order valence-corrected chi connectivity index (χ3v) is 4.16. The second kappa shape index (κ2) is 8.93. The van der Waals surface area contributed by atoms with Crippen molar-refractivity contribution < 1.29 is 14.3 Å². The van der Waals surface area contributed by atoms with Crippen molar-refractivity contribution in [2.24, 2.45) is 0 Å². The number of ether oxygens (including phenoxy) is 1. The topological polar surface area (TPSA) is 101 Å². The van der Waals surface area contributed by atoms with Gasteiger partial charge in [0.1, 0.15) is 17.8 Å². The molecule has 3 heterocycles. The fraction of sp³-hybridized carbons (Fsp3) is 0.389. The Labute approximate surface area is 157 Å². The van der Waals surface area contributed by atoms with Gasteiger partial charge in [0.15, 0.2) is 0 Å². The van der Waals surface area contributed by atoms with E-state index in [0.717, 1.165) is 5.69 Å². The van der Waals surface area contributed by atoms with E-state index < -0.39 is 0 Å². The molecule has 1 aliphatic rings. The van der Waals surface area contributed by atoms with Crippen LogP contribution < -0.4 is 5.32 Å². The van der Waals surface area contributed by atoms with E-state index in [1.807, 2.05) is 18.2 Å². The molecule has 0 radical (unpaired) electrons. The monoisotopic (exact) mass is 370 g/mol. The molecule has 9 nitrogen and oxygen atoms in total. The maximum Gasteiger partial charge on any atom is 0.409 e. The highest BCUT2D eigenvalue weighted by Crippen LogP contribution is 2.11. The lowest BCUT2D eigenvalue weighted by atomic mass is 10.2. The minimum atomic E-state index is -0.340. The number of amides is 2. The zero-order valence-electron chi connectivity index (χ0n) is 15.2. The zero-order valence-corrected chi connectivity index (χ0v) is 15.2. The number of piperazine rings is 1. The molecule has 142 valence electrons. The predicted octanol–water partition coefficient (Wildman–Crippen LogP) is 1.40. The van der Waals surface area contributed by atoms with Crippen LogP contribution in [0.5, 0.6) is 0 Å². The molecule has 0 bridgehead atoms. The molecule has 3 rings (SSSR count). The summed E-state index contributed by atoms with van der Waals surface area (Å²) >= 11 is 0. The third kappa shape index (κ3) is 4.90. The molecule has 2 aromatic rings. The lowest BCUT2D eigenvalue weighted by Gasteiger charge is -2.33. The molecule has 9 heteroatoms. The second-order valence-corrected chi connectivity index (χ2v) is 5.94. The van der Waals surface area contributed by atoms with Gasteiger partial charge in [0, 0.05) is 38.4 Å². The molecule has 2 aromatic heterocycles. The number of hydrogen-bond donors (Lipinski definition) is 1. The first-order valence-electron chi connectivity index (χ1n) is 8.84. The van der Waals surface area contributed by atoms with Crippen molar-refractivity contribution in [1.82, 2.24) is 24.8 Å². The van der Waals surface area contributed by atoms with Gasteiger partial charge in [0.2, 0.25) is 0 Å². The predicted molar refractivity (Wildman–Crippen MR) is 98.1 cm³/mol. The molecule has 0 aromatic carbocycles. The van der Waals surface area contributed by atoms with E-state index in [1.165, 1.54) is 6.33 Å². The molecule has 27 heavy (non-hydrogen) atoms. The number of nitrogens with one attached hydrogen (secondary N) is 1. The average Bonchev–Trinajstić information content (AvgIpc) is 2.73. The molecule has 1 saturated heterocycles. The highest BCUT2D eigenvalue weighted by Gasteiger charge is 2.26. The molecule has 1 N–H and O–H groups in total. The third-order valence-electron chi connectivity index (χ3n) is 4.16. The highest BCUT2D eigenvalue weighted by molar-refractivity contribution is 5.93. The molecule has 0 unspecified atom stereocenters. The Balaban J connectivity index is 1.57. The largest absolute Gasteiger partial charge is 0.450 e. The maximum absolute atomic E-state index is 12.7. The van der Waals surface area contributed by atoms with Crippen molar-refractivity contribution in [3.8, 4) is 0 Å². The molecular weight excluding hydrogens is 348 g/mol. The van der Waals surface area contributed by atoms with Crippen LogP contribution in [0.4, 0.5) is 10.6 Å². The van der Waals surface area contributed by atoms with Crippen LogP contribution in [0.1, 0.15) is 23.1 Å². The minimum absolute atomic E-state index is 0.179. The summed E-state index contributed by atoms with van der Waals surface area (Å²) in [6, 6.07) is 7.30. The van der Waals surface area contributed by atoms with Gasteiger partial charge in [-0.3, -0.25) is 9.78 Å². The lowest BCUT2D eigenvalue weighted by molar-refractivity contribution is 0.0566. The molecule has 0 aliphatic carbocycles. The smallest absolute Gasteiger partial charge is 0.409 e. The number of aromatic nitrogens is 3. The Bertz CT molecular complexity index is 778. The number of hydrogen-bond acceptors (Lipinski definition) is 7. The van der Waals surface area contributed by atoms with E-state index in [4.69, 9.17) is 4.74 Å². The van der Waals surface area contributed by atoms with Crippen LogP contribution in [0, 0.1) is 0 Å². The normalized spacial score (nSPS) is 14.0. The highest BCUT2D eigenvalue weighted by atomic mass is 16.6. The summed E-state index contributed by atoms with van der Waals surface area (Å²) in [5.74, 6) is 0.381. The van der Waals surface area contributed by atoms with E-state index in [9.17, 15) is 9.59 Å². The maximum atomic E-state index is 12.7. The summed E-state index contributed by atoms with van der Waals surface area (Å²) < 4.78 is 4.99. The Kier molecular flexibility index (Phi) is 6.14. The zero-order chi connectivity index (χ0) is 19.1. The number of rotatable bonds is 5. The Hall–Kier alpha value is -3.23. The van der Waals surface area contributed by atoms with Gasteiger partial charge in [-0.25, -0.2) is 14.8 Å². The molecule has 0 atom stereocenters. The van der Waals surface area contributed by atoms with Gasteiger partial charge in [-0.1, -0.05) is 6.07 Å². The van der Waals surface area contributed by atoms with Crippen LogP contribution in [0.2, 0.25) is 0 Å². The van der Waals surface area contributed by atoms with Crippen molar-refractivity contribution in [1.29, 1.82) is 0 Å². The Morgan fingerprint density at radius 3 is 2.59 bits per heavy atom. The average molecular weight is 370 g/mol. The van der Waals surface area contributed by atoms with E-state index in [2.05, 4.69) is 20.3 Å². The van der Waals surface area contributed by atoms with E-state index in [0.29, 0.717) is 50.8 Å². The molecule has 1 fully saturated rings. The van der Waals surface area contributed by atoms with Crippen molar-refractivity contribution in [3.63, 3.8) is 0 Å². The number of carbonyl (C=O) groups is 2.